The second-order valence-electron chi connectivity index (χ2n) is 6.35. The largest absolute Gasteiger partial charge is 0.573 e. The van der Waals surface area contributed by atoms with Crippen molar-refractivity contribution in [3.63, 3.8) is 0 Å². The van der Waals surface area contributed by atoms with Crippen molar-refractivity contribution in [1.29, 1.82) is 0 Å². The van der Waals surface area contributed by atoms with Gasteiger partial charge in [0.15, 0.2) is 5.69 Å². The normalized spacial score (nSPS) is 22.8. The number of H-pyrrole nitrogens is 1. The molecule has 1 aliphatic carbocycles. The molecule has 4 N–H and O–H groups in total. The van der Waals surface area contributed by atoms with E-state index in [9.17, 15) is 18.0 Å². The Labute approximate surface area is 158 Å². The van der Waals surface area contributed by atoms with Crippen LogP contribution in [-0.2, 0) is 4.79 Å². The smallest absolute Gasteiger partial charge is 0.483 e. The number of alkyl halides is 3. The van der Waals surface area contributed by atoms with Gasteiger partial charge in [0, 0.05) is 24.0 Å². The average Bonchev–Trinajstić information content (AvgIpc) is 3.28. The summed E-state index contributed by atoms with van der Waals surface area (Å²) in [7, 11) is 0. The van der Waals surface area contributed by atoms with Gasteiger partial charge in [-0.25, -0.2) is 0 Å². The van der Waals surface area contributed by atoms with Crippen LogP contribution in [0.3, 0.4) is 0 Å². The molecule has 0 radical (unpaired) electrons. The van der Waals surface area contributed by atoms with Gasteiger partial charge in [-0.1, -0.05) is 7.43 Å². The fourth-order valence-electron chi connectivity index (χ4n) is 3.61. The van der Waals surface area contributed by atoms with Crippen LogP contribution in [0.25, 0.3) is 10.9 Å². The topological polar surface area (TPSA) is 116 Å². The third-order valence-corrected chi connectivity index (χ3v) is 4.66. The fraction of sp³-hybridized carbons (Fsp3) is 0.471. The van der Waals surface area contributed by atoms with Crippen molar-refractivity contribution in [3.05, 3.63) is 23.9 Å². The number of halogens is 3. The second-order valence-corrected chi connectivity index (χ2v) is 6.35. The van der Waals surface area contributed by atoms with Crippen molar-refractivity contribution in [2.75, 3.05) is 6.54 Å². The van der Waals surface area contributed by atoms with Gasteiger partial charge in [0.1, 0.15) is 5.75 Å². The molecule has 2 aliphatic rings. The summed E-state index contributed by atoms with van der Waals surface area (Å²) in [6, 6.07) is 4.26. The number of nitrogens with zero attached hydrogens (tertiary/aromatic N) is 1. The van der Waals surface area contributed by atoms with Crippen LogP contribution in [-0.4, -0.2) is 52.7 Å². The quantitative estimate of drug-likeness (QED) is 0.586. The Bertz CT molecular complexity index is 839. The number of amides is 1. The Morgan fingerprint density at radius 2 is 2.07 bits per heavy atom. The molecule has 2 fully saturated rings. The number of hydrogen-bond acceptors (Lipinski definition) is 5. The first-order valence-electron chi connectivity index (χ1n) is 8.16. The summed E-state index contributed by atoms with van der Waals surface area (Å²) in [6.07, 6.45) is -2.88. The van der Waals surface area contributed by atoms with E-state index in [0.717, 1.165) is 19.4 Å². The first-order valence-corrected chi connectivity index (χ1v) is 8.16. The van der Waals surface area contributed by atoms with E-state index in [1.54, 1.807) is 0 Å². The first-order chi connectivity index (χ1) is 12.8. The van der Waals surface area contributed by atoms with Crippen LogP contribution in [0.15, 0.2) is 18.2 Å². The van der Waals surface area contributed by atoms with E-state index in [2.05, 4.69) is 25.6 Å². The minimum absolute atomic E-state index is 0. The van der Waals surface area contributed by atoms with Crippen molar-refractivity contribution in [1.82, 2.24) is 20.8 Å². The molecule has 1 aliphatic heterocycles. The second kappa shape index (κ2) is 8.46. The molecule has 2 heterocycles. The molecule has 4 rings (SSSR count). The highest BCUT2D eigenvalue weighted by Gasteiger charge is 2.40. The number of aromatic amines is 1. The molecule has 2 bridgehead atoms. The molecule has 3 atom stereocenters. The molecule has 0 spiro atoms. The predicted octanol–water partition coefficient (Wildman–Crippen LogP) is 2.28. The predicted molar refractivity (Wildman–Crippen MR) is 94.0 cm³/mol. The van der Waals surface area contributed by atoms with E-state index in [-0.39, 0.29) is 37.3 Å². The van der Waals surface area contributed by atoms with Crippen LogP contribution in [0, 0.1) is 5.92 Å². The fourth-order valence-corrected chi connectivity index (χ4v) is 3.61. The molecule has 1 saturated heterocycles. The Morgan fingerprint density at radius 3 is 2.64 bits per heavy atom. The average molecular weight is 402 g/mol. The van der Waals surface area contributed by atoms with E-state index in [0.29, 0.717) is 22.9 Å². The summed E-state index contributed by atoms with van der Waals surface area (Å²) in [5, 5.41) is 20.1. The monoisotopic (exact) mass is 402 g/mol. The van der Waals surface area contributed by atoms with E-state index >= 15 is 0 Å². The number of ether oxygens (including phenoxy) is 1. The maximum absolute atomic E-state index is 12.5. The lowest BCUT2D eigenvalue weighted by atomic mass is 10.0. The lowest BCUT2D eigenvalue weighted by Gasteiger charge is -2.23. The van der Waals surface area contributed by atoms with Gasteiger partial charge in [0.25, 0.3) is 12.4 Å². The number of rotatable bonds is 3. The number of hydrogen-bond donors (Lipinski definition) is 4. The molecule has 2 aromatic rings. The van der Waals surface area contributed by atoms with Crippen LogP contribution >= 0.6 is 0 Å². The zero-order valence-corrected chi connectivity index (χ0v) is 13.9. The summed E-state index contributed by atoms with van der Waals surface area (Å²) in [5.74, 6) is -0.370. The van der Waals surface area contributed by atoms with E-state index in [4.69, 9.17) is 9.90 Å². The Morgan fingerprint density at radius 1 is 1.36 bits per heavy atom. The number of carbonyl (C=O) groups excluding carboxylic acids is 1. The van der Waals surface area contributed by atoms with Crippen LogP contribution < -0.4 is 15.4 Å². The van der Waals surface area contributed by atoms with Gasteiger partial charge in [0.2, 0.25) is 0 Å². The maximum Gasteiger partial charge on any atom is 0.573 e. The first kappa shape index (κ1) is 21.5. The van der Waals surface area contributed by atoms with Crippen LogP contribution in [0.2, 0.25) is 0 Å². The van der Waals surface area contributed by atoms with Gasteiger partial charge in [-0.2, -0.15) is 5.10 Å². The molecule has 154 valence electrons. The third kappa shape index (κ3) is 4.71. The molecular formula is C17H21F3N4O4. The van der Waals surface area contributed by atoms with Crippen molar-refractivity contribution >= 4 is 23.3 Å². The summed E-state index contributed by atoms with van der Waals surface area (Å²) >= 11 is 0. The minimum Gasteiger partial charge on any atom is -0.483 e. The number of carboxylic acid groups (broad SMARTS) is 1. The van der Waals surface area contributed by atoms with Crippen molar-refractivity contribution in [2.45, 2.75) is 38.7 Å². The lowest BCUT2D eigenvalue weighted by Crippen LogP contribution is -2.44. The zero-order valence-electron chi connectivity index (χ0n) is 13.9. The molecule has 28 heavy (non-hydrogen) atoms. The number of fused-ring (bicyclic) bond motifs is 3. The molecule has 11 heteroatoms. The summed E-state index contributed by atoms with van der Waals surface area (Å²) in [5.41, 5.74) is 0.553. The van der Waals surface area contributed by atoms with Crippen molar-refractivity contribution < 1.29 is 32.6 Å². The van der Waals surface area contributed by atoms with Gasteiger partial charge in [0.05, 0.1) is 5.52 Å². The Balaban J connectivity index is 0.000000660. The number of aromatic nitrogens is 2. The van der Waals surface area contributed by atoms with Crippen molar-refractivity contribution in [3.8, 4) is 5.75 Å². The standard InChI is InChI=1S/C15H15F3N4O2.CH2O2.CH4/c16-15(17,18)24-9-1-2-11-10(5-9)13(22-21-11)14(23)20-12-4-8-3-7(12)6-19-8;2-1-3;/h1-2,5,7-8,12,19H,3-4,6H2,(H,20,23)(H,21,22);1H,(H,2,3);1H4. The van der Waals surface area contributed by atoms with Gasteiger partial charge in [-0.15, -0.1) is 13.2 Å². The molecule has 1 amide bonds. The van der Waals surface area contributed by atoms with Crippen molar-refractivity contribution in [2.24, 2.45) is 5.92 Å². The summed E-state index contributed by atoms with van der Waals surface area (Å²) in [6.45, 7) is 0.625. The number of benzene rings is 1. The molecular weight excluding hydrogens is 381 g/mol. The number of piperidine rings is 1. The third-order valence-electron chi connectivity index (χ3n) is 4.66. The number of nitrogens with one attached hydrogen (secondary N) is 3. The summed E-state index contributed by atoms with van der Waals surface area (Å²) < 4.78 is 41.0. The number of carbonyl (C=O) groups is 2. The highest BCUT2D eigenvalue weighted by atomic mass is 19.4. The van der Waals surface area contributed by atoms with Crippen LogP contribution in [0.5, 0.6) is 5.75 Å². The molecule has 1 saturated carbocycles. The van der Waals surface area contributed by atoms with Crippen LogP contribution in [0.4, 0.5) is 13.2 Å². The Hall–Kier alpha value is -2.82. The van der Waals surface area contributed by atoms with Gasteiger partial charge in [-0.05, 0) is 37.0 Å². The highest BCUT2D eigenvalue weighted by molar-refractivity contribution is 6.05. The SMILES string of the molecule is C.O=C(NC1CC2CC1CN2)c1n[nH]c2ccc(OC(F)(F)F)cc12.O=CO. The highest BCUT2D eigenvalue weighted by Crippen LogP contribution is 2.32. The van der Waals surface area contributed by atoms with Gasteiger partial charge >= 0.3 is 6.36 Å². The maximum atomic E-state index is 12.5. The van der Waals surface area contributed by atoms with Gasteiger partial charge < -0.3 is 20.5 Å². The zero-order chi connectivity index (χ0) is 19.6. The van der Waals surface area contributed by atoms with Crippen LogP contribution in [0.1, 0.15) is 30.8 Å². The Kier molecular flexibility index (Phi) is 6.49. The summed E-state index contributed by atoms with van der Waals surface area (Å²) in [4.78, 5) is 20.8. The minimum atomic E-state index is -4.78. The van der Waals surface area contributed by atoms with Gasteiger partial charge in [-0.3, -0.25) is 14.7 Å². The van der Waals surface area contributed by atoms with E-state index in [1.807, 2.05) is 0 Å². The molecule has 8 nitrogen and oxygen atoms in total. The van der Waals surface area contributed by atoms with E-state index in [1.165, 1.54) is 18.2 Å². The molecule has 1 aromatic heterocycles. The molecule has 3 unspecified atom stereocenters. The lowest BCUT2D eigenvalue weighted by molar-refractivity contribution is -0.274. The molecule has 1 aromatic carbocycles. The van der Waals surface area contributed by atoms with E-state index < -0.39 is 6.36 Å².